The summed E-state index contributed by atoms with van der Waals surface area (Å²) in [6.45, 7) is 3.35. The SMILES string of the molecule is CC1CC1CNCc1ccc([N+](=O)[O-])cc1[N+](=O)[O-]. The number of hydrogen-bond acceptors (Lipinski definition) is 5. The molecule has 102 valence electrons. The molecule has 1 aliphatic rings. The summed E-state index contributed by atoms with van der Waals surface area (Å²) in [4.78, 5) is 20.3. The third kappa shape index (κ3) is 3.25. The number of nitrogens with zero attached hydrogens (tertiary/aromatic N) is 2. The van der Waals surface area contributed by atoms with Crippen molar-refractivity contribution in [2.75, 3.05) is 6.54 Å². The maximum atomic E-state index is 10.9. The van der Waals surface area contributed by atoms with Crippen LogP contribution < -0.4 is 5.32 Å². The molecule has 0 radical (unpaired) electrons. The fourth-order valence-corrected chi connectivity index (χ4v) is 2.06. The van der Waals surface area contributed by atoms with Crippen LogP contribution in [0.2, 0.25) is 0 Å². The summed E-state index contributed by atoms with van der Waals surface area (Å²) in [5.74, 6) is 1.37. The van der Waals surface area contributed by atoms with Crippen LogP contribution in [0.25, 0.3) is 0 Å². The molecule has 0 heterocycles. The third-order valence-electron chi connectivity index (χ3n) is 3.47. The molecular weight excluding hydrogens is 250 g/mol. The van der Waals surface area contributed by atoms with Crippen molar-refractivity contribution >= 4 is 11.4 Å². The van der Waals surface area contributed by atoms with E-state index < -0.39 is 9.85 Å². The molecule has 2 atom stereocenters. The first kappa shape index (κ1) is 13.4. The van der Waals surface area contributed by atoms with Gasteiger partial charge in [0, 0.05) is 18.2 Å². The van der Waals surface area contributed by atoms with Crippen molar-refractivity contribution < 1.29 is 9.85 Å². The van der Waals surface area contributed by atoms with E-state index in [4.69, 9.17) is 0 Å². The summed E-state index contributed by atoms with van der Waals surface area (Å²) in [5.41, 5.74) is 0.0145. The molecule has 19 heavy (non-hydrogen) atoms. The molecule has 1 aromatic carbocycles. The van der Waals surface area contributed by atoms with Gasteiger partial charge >= 0.3 is 0 Å². The van der Waals surface area contributed by atoms with E-state index in [9.17, 15) is 20.2 Å². The van der Waals surface area contributed by atoms with E-state index in [1.807, 2.05) is 0 Å². The van der Waals surface area contributed by atoms with Crippen molar-refractivity contribution in [1.29, 1.82) is 0 Å². The lowest BCUT2D eigenvalue weighted by Crippen LogP contribution is -2.17. The lowest BCUT2D eigenvalue weighted by atomic mass is 10.1. The Morgan fingerprint density at radius 1 is 1.32 bits per heavy atom. The molecule has 0 aliphatic heterocycles. The first-order valence-electron chi connectivity index (χ1n) is 6.11. The molecule has 2 rings (SSSR count). The molecule has 7 heteroatoms. The highest BCUT2D eigenvalue weighted by molar-refractivity contribution is 5.49. The molecule has 1 fully saturated rings. The zero-order valence-electron chi connectivity index (χ0n) is 10.5. The number of rotatable bonds is 6. The van der Waals surface area contributed by atoms with E-state index in [0.717, 1.165) is 18.5 Å². The van der Waals surface area contributed by atoms with Crippen molar-refractivity contribution in [2.24, 2.45) is 11.8 Å². The van der Waals surface area contributed by atoms with Gasteiger partial charge in [0.25, 0.3) is 11.4 Å². The second kappa shape index (κ2) is 5.31. The van der Waals surface area contributed by atoms with Crippen molar-refractivity contribution in [3.8, 4) is 0 Å². The Morgan fingerprint density at radius 3 is 2.53 bits per heavy atom. The highest BCUT2D eigenvalue weighted by Crippen LogP contribution is 2.36. The Kier molecular flexibility index (Phi) is 3.75. The standard InChI is InChI=1S/C12H15N3O4/c1-8-4-10(8)7-13-6-9-2-3-11(14(16)17)5-12(9)15(18)19/h2-3,5,8,10,13H,4,6-7H2,1H3. The highest BCUT2D eigenvalue weighted by Gasteiger charge is 2.31. The lowest BCUT2D eigenvalue weighted by Gasteiger charge is -2.05. The molecule has 7 nitrogen and oxygen atoms in total. The number of hydrogen-bond donors (Lipinski definition) is 1. The molecule has 1 N–H and O–H groups in total. The molecule has 0 spiro atoms. The fraction of sp³-hybridized carbons (Fsp3) is 0.500. The first-order chi connectivity index (χ1) is 8.99. The van der Waals surface area contributed by atoms with Crippen LogP contribution in [0.4, 0.5) is 11.4 Å². The maximum Gasteiger partial charge on any atom is 0.280 e. The van der Waals surface area contributed by atoms with Crippen LogP contribution in [0.3, 0.4) is 0 Å². The number of nitro groups is 2. The van der Waals surface area contributed by atoms with E-state index in [0.29, 0.717) is 18.0 Å². The number of nitrogens with one attached hydrogen (secondary N) is 1. The molecule has 0 saturated heterocycles. The Bertz CT molecular complexity index is 518. The number of benzene rings is 1. The van der Waals surface area contributed by atoms with Gasteiger partial charge in [-0.15, -0.1) is 0 Å². The van der Waals surface area contributed by atoms with E-state index in [-0.39, 0.29) is 11.4 Å². The molecule has 0 aromatic heterocycles. The predicted molar refractivity (Wildman–Crippen MR) is 68.7 cm³/mol. The minimum absolute atomic E-state index is 0.203. The maximum absolute atomic E-state index is 10.9. The lowest BCUT2D eigenvalue weighted by molar-refractivity contribution is -0.394. The zero-order valence-corrected chi connectivity index (χ0v) is 10.5. The highest BCUT2D eigenvalue weighted by atomic mass is 16.6. The predicted octanol–water partition coefficient (Wildman–Crippen LogP) is 2.25. The zero-order chi connectivity index (χ0) is 14.0. The fourth-order valence-electron chi connectivity index (χ4n) is 2.06. The molecule has 1 saturated carbocycles. The minimum atomic E-state index is -0.629. The van der Waals surface area contributed by atoms with Gasteiger partial charge in [-0.1, -0.05) is 6.92 Å². The van der Waals surface area contributed by atoms with Gasteiger partial charge in [-0.2, -0.15) is 0 Å². The van der Waals surface area contributed by atoms with Crippen molar-refractivity contribution in [3.63, 3.8) is 0 Å². The summed E-state index contributed by atoms with van der Waals surface area (Å²) in [5, 5.41) is 24.7. The van der Waals surface area contributed by atoms with Crippen LogP contribution in [0, 0.1) is 32.1 Å². The monoisotopic (exact) mass is 265 g/mol. The first-order valence-corrected chi connectivity index (χ1v) is 6.11. The summed E-state index contributed by atoms with van der Waals surface area (Å²) in [6.07, 6.45) is 1.19. The topological polar surface area (TPSA) is 98.3 Å². The van der Waals surface area contributed by atoms with Gasteiger partial charge in [0.05, 0.1) is 15.9 Å². The number of non-ortho nitro benzene ring substituents is 1. The van der Waals surface area contributed by atoms with Crippen LogP contribution in [0.1, 0.15) is 18.9 Å². The van der Waals surface area contributed by atoms with E-state index in [1.54, 1.807) is 0 Å². The summed E-state index contributed by atoms with van der Waals surface area (Å²) >= 11 is 0. The normalized spacial score (nSPS) is 21.1. The van der Waals surface area contributed by atoms with Gasteiger partial charge in [0.1, 0.15) is 0 Å². The van der Waals surface area contributed by atoms with Crippen LogP contribution in [0.15, 0.2) is 18.2 Å². The van der Waals surface area contributed by atoms with Crippen LogP contribution in [-0.2, 0) is 6.54 Å². The Balaban J connectivity index is 2.05. The molecule has 1 aliphatic carbocycles. The van der Waals surface area contributed by atoms with Crippen molar-refractivity contribution in [1.82, 2.24) is 5.32 Å². The minimum Gasteiger partial charge on any atom is -0.312 e. The summed E-state index contributed by atoms with van der Waals surface area (Å²) in [7, 11) is 0. The summed E-state index contributed by atoms with van der Waals surface area (Å²) < 4.78 is 0. The van der Waals surface area contributed by atoms with Crippen molar-refractivity contribution in [3.05, 3.63) is 44.0 Å². The Morgan fingerprint density at radius 2 is 2.00 bits per heavy atom. The second-order valence-corrected chi connectivity index (χ2v) is 4.93. The molecular formula is C12H15N3O4. The van der Waals surface area contributed by atoms with Gasteiger partial charge in [0.15, 0.2) is 0 Å². The Hall–Kier alpha value is -2.02. The largest absolute Gasteiger partial charge is 0.312 e. The molecule has 2 unspecified atom stereocenters. The Labute approximate surface area is 109 Å². The van der Waals surface area contributed by atoms with Crippen LogP contribution in [0.5, 0.6) is 0 Å². The average Bonchev–Trinajstić information content (AvgIpc) is 3.05. The van der Waals surface area contributed by atoms with Gasteiger partial charge in [-0.25, -0.2) is 0 Å². The number of nitro benzene ring substituents is 2. The van der Waals surface area contributed by atoms with E-state index in [1.165, 1.54) is 18.6 Å². The van der Waals surface area contributed by atoms with Crippen molar-refractivity contribution in [2.45, 2.75) is 19.9 Å². The third-order valence-corrected chi connectivity index (χ3v) is 3.47. The van der Waals surface area contributed by atoms with Gasteiger partial charge in [-0.3, -0.25) is 20.2 Å². The molecule has 0 bridgehead atoms. The molecule has 0 amide bonds. The van der Waals surface area contributed by atoms with E-state index in [2.05, 4.69) is 12.2 Å². The average molecular weight is 265 g/mol. The molecule has 1 aromatic rings. The van der Waals surface area contributed by atoms with Gasteiger partial charge in [-0.05, 0) is 30.9 Å². The van der Waals surface area contributed by atoms with Gasteiger partial charge < -0.3 is 5.32 Å². The smallest absolute Gasteiger partial charge is 0.280 e. The second-order valence-electron chi connectivity index (χ2n) is 4.93. The van der Waals surface area contributed by atoms with Gasteiger partial charge in [0.2, 0.25) is 0 Å². The van der Waals surface area contributed by atoms with Crippen LogP contribution in [-0.4, -0.2) is 16.4 Å². The van der Waals surface area contributed by atoms with Crippen LogP contribution >= 0.6 is 0 Å². The van der Waals surface area contributed by atoms with E-state index >= 15 is 0 Å². The quantitative estimate of drug-likeness (QED) is 0.628. The summed E-state index contributed by atoms with van der Waals surface area (Å²) in [6, 6.07) is 3.75.